The number of carboxylic acids is 1. The van der Waals surface area contributed by atoms with Crippen molar-refractivity contribution < 1.29 is 24.2 Å². The highest BCUT2D eigenvalue weighted by Gasteiger charge is 2.21. The molecule has 0 aliphatic carbocycles. The zero-order chi connectivity index (χ0) is 15.8. The Morgan fingerprint density at radius 3 is 2.76 bits per heavy atom. The second-order valence-corrected chi connectivity index (χ2v) is 4.89. The second kappa shape index (κ2) is 8.43. The van der Waals surface area contributed by atoms with Gasteiger partial charge >= 0.3 is 5.97 Å². The second-order valence-electron chi connectivity index (χ2n) is 4.04. The van der Waals surface area contributed by atoms with Crippen LogP contribution in [0.4, 0.5) is 0 Å². The molecule has 1 atom stereocenters. The lowest BCUT2D eigenvalue weighted by molar-refractivity contribution is -0.140. The van der Waals surface area contributed by atoms with E-state index in [9.17, 15) is 9.59 Å². The van der Waals surface area contributed by atoms with Gasteiger partial charge in [-0.25, -0.2) is 4.79 Å². The van der Waals surface area contributed by atoms with E-state index in [4.69, 9.17) is 14.6 Å². The van der Waals surface area contributed by atoms with Crippen LogP contribution in [-0.2, 0) is 9.53 Å². The minimum absolute atomic E-state index is 0.135. The summed E-state index contributed by atoms with van der Waals surface area (Å²) in [6, 6.07) is 3.58. The highest BCUT2D eigenvalue weighted by atomic mass is 79.9. The van der Waals surface area contributed by atoms with Crippen LogP contribution in [0, 0.1) is 0 Å². The first-order chi connectivity index (χ1) is 9.99. The van der Waals surface area contributed by atoms with Crippen LogP contribution >= 0.6 is 15.9 Å². The summed E-state index contributed by atoms with van der Waals surface area (Å²) < 4.78 is 10.7. The molecule has 114 valence electrons. The lowest BCUT2D eigenvalue weighted by atomic mass is 10.2. The third kappa shape index (κ3) is 5.20. The topological polar surface area (TPSA) is 84.9 Å². The van der Waals surface area contributed by atoms with Gasteiger partial charge in [0.1, 0.15) is 5.75 Å². The maximum atomic E-state index is 12.0. The Kier molecular flexibility index (Phi) is 6.90. The average Bonchev–Trinajstić information content (AvgIpc) is 2.45. The fourth-order valence-electron chi connectivity index (χ4n) is 1.49. The van der Waals surface area contributed by atoms with Crippen LogP contribution in [0.2, 0.25) is 0 Å². The molecule has 0 saturated heterocycles. The maximum absolute atomic E-state index is 12.0. The number of aliphatic carboxylic acids is 1. The summed E-state index contributed by atoms with van der Waals surface area (Å²) in [6.45, 7) is 3.54. The monoisotopic (exact) mass is 357 g/mol. The van der Waals surface area contributed by atoms with E-state index in [1.54, 1.807) is 18.2 Å². The summed E-state index contributed by atoms with van der Waals surface area (Å²) >= 11 is 3.26. The van der Waals surface area contributed by atoms with E-state index in [1.807, 2.05) is 0 Å². The predicted octanol–water partition coefficient (Wildman–Crippen LogP) is 1.84. The number of rotatable bonds is 8. The van der Waals surface area contributed by atoms with Crippen molar-refractivity contribution in [3.63, 3.8) is 0 Å². The van der Waals surface area contributed by atoms with E-state index in [-0.39, 0.29) is 13.2 Å². The van der Waals surface area contributed by atoms with Gasteiger partial charge in [0.25, 0.3) is 5.91 Å². The molecule has 0 saturated carbocycles. The number of hydrogen-bond donors (Lipinski definition) is 2. The van der Waals surface area contributed by atoms with Crippen molar-refractivity contribution in [1.82, 2.24) is 5.32 Å². The van der Waals surface area contributed by atoms with E-state index < -0.39 is 17.9 Å². The Labute approximate surface area is 130 Å². The number of amides is 1. The van der Waals surface area contributed by atoms with Crippen molar-refractivity contribution >= 4 is 27.8 Å². The molecule has 1 unspecified atom stereocenters. The van der Waals surface area contributed by atoms with Crippen molar-refractivity contribution in [3.8, 4) is 5.75 Å². The number of carboxylic acid groups (broad SMARTS) is 1. The lowest BCUT2D eigenvalue weighted by Crippen LogP contribution is -2.44. The van der Waals surface area contributed by atoms with Crippen LogP contribution in [0.5, 0.6) is 5.75 Å². The quantitative estimate of drug-likeness (QED) is 0.547. The number of ether oxygens (including phenoxy) is 2. The molecule has 21 heavy (non-hydrogen) atoms. The lowest BCUT2D eigenvalue weighted by Gasteiger charge is -2.14. The zero-order valence-electron chi connectivity index (χ0n) is 11.5. The minimum atomic E-state index is -1.17. The van der Waals surface area contributed by atoms with Gasteiger partial charge in [-0.2, -0.15) is 0 Å². The Bertz CT molecular complexity index is 532. The van der Waals surface area contributed by atoms with Gasteiger partial charge in [0.05, 0.1) is 24.8 Å². The van der Waals surface area contributed by atoms with Crippen molar-refractivity contribution in [2.45, 2.75) is 6.04 Å². The first kappa shape index (κ1) is 17.2. The zero-order valence-corrected chi connectivity index (χ0v) is 13.1. The van der Waals surface area contributed by atoms with Crippen LogP contribution in [0.15, 0.2) is 35.3 Å². The summed E-state index contributed by atoms with van der Waals surface area (Å²) in [5, 5.41) is 11.5. The SMILES string of the molecule is C=CCOCC(NC(=O)c1ccc(OC)c(Br)c1)C(=O)O. The number of benzene rings is 1. The van der Waals surface area contributed by atoms with E-state index >= 15 is 0 Å². The van der Waals surface area contributed by atoms with Crippen molar-refractivity contribution in [2.75, 3.05) is 20.3 Å². The summed E-state index contributed by atoms with van der Waals surface area (Å²) in [4.78, 5) is 23.1. The molecule has 7 heteroatoms. The Balaban J connectivity index is 2.74. The number of methoxy groups -OCH3 is 1. The van der Waals surface area contributed by atoms with Crippen LogP contribution in [-0.4, -0.2) is 43.3 Å². The maximum Gasteiger partial charge on any atom is 0.328 e. The Hall–Kier alpha value is -1.86. The molecule has 1 amide bonds. The first-order valence-electron chi connectivity index (χ1n) is 6.05. The molecular formula is C14H16BrNO5. The molecule has 0 fully saturated rings. The molecule has 0 aliphatic heterocycles. The highest BCUT2D eigenvalue weighted by Crippen LogP contribution is 2.25. The molecule has 0 radical (unpaired) electrons. The van der Waals surface area contributed by atoms with Crippen LogP contribution in [0.3, 0.4) is 0 Å². The molecule has 1 aromatic carbocycles. The third-order valence-corrected chi connectivity index (χ3v) is 3.16. The van der Waals surface area contributed by atoms with Gasteiger partial charge in [-0.15, -0.1) is 6.58 Å². The van der Waals surface area contributed by atoms with Crippen LogP contribution < -0.4 is 10.1 Å². The Morgan fingerprint density at radius 2 is 2.24 bits per heavy atom. The fourth-order valence-corrected chi connectivity index (χ4v) is 2.03. The van der Waals surface area contributed by atoms with Crippen LogP contribution in [0.1, 0.15) is 10.4 Å². The molecule has 1 rings (SSSR count). The van der Waals surface area contributed by atoms with Crippen molar-refractivity contribution in [2.24, 2.45) is 0 Å². The molecule has 6 nitrogen and oxygen atoms in total. The number of carbonyl (C=O) groups is 2. The molecule has 0 bridgehead atoms. The summed E-state index contributed by atoms with van der Waals surface area (Å²) in [7, 11) is 1.51. The number of carbonyl (C=O) groups excluding carboxylic acids is 1. The van der Waals surface area contributed by atoms with Crippen molar-refractivity contribution in [3.05, 3.63) is 40.9 Å². The van der Waals surface area contributed by atoms with E-state index in [0.717, 1.165) is 0 Å². The summed E-state index contributed by atoms with van der Waals surface area (Å²) in [6.07, 6.45) is 1.50. The molecule has 2 N–H and O–H groups in total. The minimum Gasteiger partial charge on any atom is -0.496 e. The highest BCUT2D eigenvalue weighted by molar-refractivity contribution is 9.10. The normalized spacial score (nSPS) is 11.5. The van der Waals surface area contributed by atoms with Gasteiger partial charge < -0.3 is 19.9 Å². The van der Waals surface area contributed by atoms with Gasteiger partial charge in [-0.1, -0.05) is 6.08 Å². The summed E-state index contributed by atoms with van der Waals surface area (Å²) in [5.41, 5.74) is 0.317. The fraction of sp³-hybridized carbons (Fsp3) is 0.286. The smallest absolute Gasteiger partial charge is 0.328 e. The Morgan fingerprint density at radius 1 is 1.52 bits per heavy atom. The van der Waals surface area contributed by atoms with Gasteiger partial charge in [-0.3, -0.25) is 4.79 Å². The summed E-state index contributed by atoms with van der Waals surface area (Å²) in [5.74, 6) is -1.09. The van der Waals surface area contributed by atoms with Gasteiger partial charge in [0.15, 0.2) is 6.04 Å². The average molecular weight is 358 g/mol. The van der Waals surface area contributed by atoms with Gasteiger partial charge in [-0.05, 0) is 34.1 Å². The predicted molar refractivity (Wildman–Crippen MR) is 80.6 cm³/mol. The number of hydrogen-bond acceptors (Lipinski definition) is 4. The molecular weight excluding hydrogens is 342 g/mol. The molecule has 1 aromatic rings. The van der Waals surface area contributed by atoms with E-state index in [0.29, 0.717) is 15.8 Å². The largest absolute Gasteiger partial charge is 0.496 e. The molecule has 0 heterocycles. The van der Waals surface area contributed by atoms with E-state index in [1.165, 1.54) is 13.2 Å². The number of halogens is 1. The first-order valence-corrected chi connectivity index (χ1v) is 6.84. The molecule has 0 spiro atoms. The molecule has 0 aliphatic rings. The van der Waals surface area contributed by atoms with Gasteiger partial charge in [0.2, 0.25) is 0 Å². The van der Waals surface area contributed by atoms with Gasteiger partial charge in [0, 0.05) is 5.56 Å². The van der Waals surface area contributed by atoms with Crippen molar-refractivity contribution in [1.29, 1.82) is 0 Å². The molecule has 0 aromatic heterocycles. The standard InChI is InChI=1S/C14H16BrNO5/c1-3-6-21-8-11(14(18)19)16-13(17)9-4-5-12(20-2)10(15)7-9/h3-5,7,11H,1,6,8H2,2H3,(H,16,17)(H,18,19). The van der Waals surface area contributed by atoms with E-state index in [2.05, 4.69) is 27.8 Å². The third-order valence-electron chi connectivity index (χ3n) is 2.54. The van der Waals surface area contributed by atoms with Crippen LogP contribution in [0.25, 0.3) is 0 Å². The number of nitrogens with one attached hydrogen (secondary N) is 1.